The maximum absolute atomic E-state index is 12.2. The Morgan fingerprint density at radius 3 is 2.64 bits per heavy atom. The normalized spacial score (nSPS) is 12.0. The number of carbonyl (C=O) groups is 1. The fourth-order valence-corrected chi connectivity index (χ4v) is 2.26. The minimum absolute atomic E-state index is 0.122. The van der Waals surface area contributed by atoms with Crippen molar-refractivity contribution in [2.45, 2.75) is 39.2 Å². The third kappa shape index (κ3) is 4.15. The average Bonchev–Trinajstić information content (AvgIpc) is 2.55. The number of nitrogens with one attached hydrogen (secondary N) is 1. The SMILES string of the molecule is CCCCC(N)C(=O)Nc1cc(-c2ccncc2)ccc1C. The van der Waals surface area contributed by atoms with Gasteiger partial charge in [-0.3, -0.25) is 9.78 Å². The molecule has 1 heterocycles. The van der Waals surface area contributed by atoms with Crippen molar-refractivity contribution in [3.8, 4) is 11.1 Å². The van der Waals surface area contributed by atoms with Gasteiger partial charge in [-0.05, 0) is 48.2 Å². The Hall–Kier alpha value is -2.20. The van der Waals surface area contributed by atoms with Crippen molar-refractivity contribution in [3.05, 3.63) is 48.3 Å². The molecule has 0 saturated carbocycles. The number of nitrogens with zero attached hydrogens (tertiary/aromatic N) is 1. The number of aryl methyl sites for hydroxylation is 1. The van der Waals surface area contributed by atoms with Gasteiger partial charge in [0.1, 0.15) is 0 Å². The molecule has 1 atom stereocenters. The van der Waals surface area contributed by atoms with Gasteiger partial charge < -0.3 is 11.1 Å². The van der Waals surface area contributed by atoms with Crippen molar-refractivity contribution < 1.29 is 4.79 Å². The number of benzene rings is 1. The number of anilines is 1. The lowest BCUT2D eigenvalue weighted by Gasteiger charge is -2.14. The zero-order valence-electron chi connectivity index (χ0n) is 13.2. The molecule has 116 valence electrons. The summed E-state index contributed by atoms with van der Waals surface area (Å²) in [6.07, 6.45) is 6.23. The lowest BCUT2D eigenvalue weighted by molar-refractivity contribution is -0.117. The van der Waals surface area contributed by atoms with E-state index in [9.17, 15) is 4.79 Å². The number of amides is 1. The van der Waals surface area contributed by atoms with E-state index in [1.807, 2.05) is 37.3 Å². The molecule has 0 spiro atoms. The van der Waals surface area contributed by atoms with Crippen LogP contribution in [-0.2, 0) is 4.79 Å². The summed E-state index contributed by atoms with van der Waals surface area (Å²) in [5.41, 5.74) is 9.88. The molecule has 2 rings (SSSR count). The van der Waals surface area contributed by atoms with Crippen LogP contribution in [0.3, 0.4) is 0 Å². The fraction of sp³-hybridized carbons (Fsp3) is 0.333. The van der Waals surface area contributed by atoms with Gasteiger partial charge in [0.05, 0.1) is 6.04 Å². The largest absolute Gasteiger partial charge is 0.324 e. The summed E-state index contributed by atoms with van der Waals surface area (Å²) < 4.78 is 0. The highest BCUT2D eigenvalue weighted by Gasteiger charge is 2.14. The molecule has 2 aromatic rings. The third-order valence-electron chi connectivity index (χ3n) is 3.71. The van der Waals surface area contributed by atoms with E-state index in [0.717, 1.165) is 35.2 Å². The first-order valence-corrected chi connectivity index (χ1v) is 7.69. The standard InChI is InChI=1S/C18H23N3O/c1-3-4-5-16(19)18(22)21-17-12-15(7-6-13(17)2)14-8-10-20-11-9-14/h6-12,16H,3-5,19H2,1-2H3,(H,21,22). The van der Waals surface area contributed by atoms with Gasteiger partial charge in [-0.15, -0.1) is 0 Å². The Labute approximate surface area is 131 Å². The van der Waals surface area contributed by atoms with Crippen molar-refractivity contribution in [1.82, 2.24) is 4.98 Å². The van der Waals surface area contributed by atoms with Gasteiger partial charge in [0.25, 0.3) is 0 Å². The van der Waals surface area contributed by atoms with E-state index in [4.69, 9.17) is 5.73 Å². The maximum atomic E-state index is 12.2. The van der Waals surface area contributed by atoms with Crippen LogP contribution < -0.4 is 11.1 Å². The first kappa shape index (κ1) is 16.2. The van der Waals surface area contributed by atoms with Gasteiger partial charge in [-0.25, -0.2) is 0 Å². The number of rotatable bonds is 6. The monoisotopic (exact) mass is 297 g/mol. The number of carbonyl (C=O) groups excluding carboxylic acids is 1. The maximum Gasteiger partial charge on any atom is 0.241 e. The second-order valence-electron chi connectivity index (χ2n) is 5.50. The molecule has 3 N–H and O–H groups in total. The van der Waals surface area contributed by atoms with Crippen LogP contribution in [-0.4, -0.2) is 16.9 Å². The van der Waals surface area contributed by atoms with Crippen LogP contribution in [0, 0.1) is 6.92 Å². The molecular weight excluding hydrogens is 274 g/mol. The van der Waals surface area contributed by atoms with Gasteiger partial charge in [0, 0.05) is 18.1 Å². The summed E-state index contributed by atoms with van der Waals surface area (Å²) >= 11 is 0. The molecule has 0 aliphatic heterocycles. The molecule has 4 heteroatoms. The minimum atomic E-state index is -0.455. The van der Waals surface area contributed by atoms with E-state index >= 15 is 0 Å². The molecule has 0 aliphatic rings. The highest BCUT2D eigenvalue weighted by Crippen LogP contribution is 2.25. The van der Waals surface area contributed by atoms with E-state index in [2.05, 4.69) is 17.2 Å². The molecule has 0 fully saturated rings. The predicted molar refractivity (Wildman–Crippen MR) is 90.5 cm³/mol. The molecule has 0 saturated heterocycles. The van der Waals surface area contributed by atoms with Crippen LogP contribution in [0.15, 0.2) is 42.7 Å². The number of hydrogen-bond acceptors (Lipinski definition) is 3. The summed E-state index contributed by atoms with van der Waals surface area (Å²) in [4.78, 5) is 16.2. The zero-order chi connectivity index (χ0) is 15.9. The molecule has 4 nitrogen and oxygen atoms in total. The second kappa shape index (κ2) is 7.71. The van der Waals surface area contributed by atoms with E-state index in [1.165, 1.54) is 0 Å². The van der Waals surface area contributed by atoms with Crippen LogP contribution in [0.5, 0.6) is 0 Å². The van der Waals surface area contributed by atoms with Crippen LogP contribution >= 0.6 is 0 Å². The van der Waals surface area contributed by atoms with Crippen LogP contribution in [0.4, 0.5) is 5.69 Å². The Bertz CT molecular complexity index is 625. The van der Waals surface area contributed by atoms with Crippen LogP contribution in [0.1, 0.15) is 31.7 Å². The fourth-order valence-electron chi connectivity index (χ4n) is 2.26. The molecular formula is C18H23N3O. The van der Waals surface area contributed by atoms with E-state index < -0.39 is 6.04 Å². The Balaban J connectivity index is 2.15. The van der Waals surface area contributed by atoms with Gasteiger partial charge >= 0.3 is 0 Å². The van der Waals surface area contributed by atoms with E-state index in [1.54, 1.807) is 12.4 Å². The minimum Gasteiger partial charge on any atom is -0.324 e. The first-order valence-electron chi connectivity index (χ1n) is 7.69. The van der Waals surface area contributed by atoms with Crippen molar-refractivity contribution in [1.29, 1.82) is 0 Å². The van der Waals surface area contributed by atoms with E-state index in [0.29, 0.717) is 6.42 Å². The molecule has 1 unspecified atom stereocenters. The van der Waals surface area contributed by atoms with Crippen molar-refractivity contribution >= 4 is 11.6 Å². The third-order valence-corrected chi connectivity index (χ3v) is 3.71. The molecule has 1 aromatic carbocycles. The summed E-state index contributed by atoms with van der Waals surface area (Å²) in [7, 11) is 0. The number of aromatic nitrogens is 1. The summed E-state index contributed by atoms with van der Waals surface area (Å²) in [6.45, 7) is 4.07. The second-order valence-corrected chi connectivity index (χ2v) is 5.50. The van der Waals surface area contributed by atoms with Gasteiger partial charge in [-0.1, -0.05) is 31.9 Å². The Kier molecular flexibility index (Phi) is 5.67. The van der Waals surface area contributed by atoms with Gasteiger partial charge in [-0.2, -0.15) is 0 Å². The summed E-state index contributed by atoms with van der Waals surface area (Å²) in [5.74, 6) is -0.122. The molecule has 0 bridgehead atoms. The molecule has 22 heavy (non-hydrogen) atoms. The van der Waals surface area contributed by atoms with Gasteiger partial charge in [0.15, 0.2) is 0 Å². The lowest BCUT2D eigenvalue weighted by atomic mass is 10.0. The number of pyridine rings is 1. The highest BCUT2D eigenvalue weighted by molar-refractivity contribution is 5.95. The highest BCUT2D eigenvalue weighted by atomic mass is 16.2. The van der Waals surface area contributed by atoms with Crippen molar-refractivity contribution in [3.63, 3.8) is 0 Å². The topological polar surface area (TPSA) is 68.0 Å². The molecule has 0 aliphatic carbocycles. The quantitative estimate of drug-likeness (QED) is 0.857. The number of hydrogen-bond donors (Lipinski definition) is 2. The Morgan fingerprint density at radius 1 is 1.23 bits per heavy atom. The predicted octanol–water partition coefficient (Wildman–Crippen LogP) is 3.51. The summed E-state index contributed by atoms with van der Waals surface area (Å²) in [6, 6.07) is 9.46. The average molecular weight is 297 g/mol. The number of unbranched alkanes of at least 4 members (excludes halogenated alkanes) is 1. The van der Waals surface area contributed by atoms with Crippen LogP contribution in [0.25, 0.3) is 11.1 Å². The van der Waals surface area contributed by atoms with E-state index in [-0.39, 0.29) is 5.91 Å². The van der Waals surface area contributed by atoms with Crippen molar-refractivity contribution in [2.75, 3.05) is 5.32 Å². The Morgan fingerprint density at radius 2 is 1.95 bits per heavy atom. The first-order chi connectivity index (χ1) is 10.6. The molecule has 0 radical (unpaired) electrons. The lowest BCUT2D eigenvalue weighted by Crippen LogP contribution is -2.35. The van der Waals surface area contributed by atoms with Crippen LogP contribution in [0.2, 0.25) is 0 Å². The molecule has 1 aromatic heterocycles. The smallest absolute Gasteiger partial charge is 0.241 e. The zero-order valence-corrected chi connectivity index (χ0v) is 13.2. The summed E-state index contributed by atoms with van der Waals surface area (Å²) in [5, 5.41) is 2.95. The van der Waals surface area contributed by atoms with Crippen molar-refractivity contribution in [2.24, 2.45) is 5.73 Å². The van der Waals surface area contributed by atoms with Gasteiger partial charge in [0.2, 0.25) is 5.91 Å². The molecule has 1 amide bonds. The number of nitrogens with two attached hydrogens (primary N) is 1.